The third-order valence-corrected chi connectivity index (χ3v) is 6.41. The zero-order valence-corrected chi connectivity index (χ0v) is 21.8. The highest BCUT2D eigenvalue weighted by Crippen LogP contribution is 2.38. The average Bonchev–Trinajstić information content (AvgIpc) is 3.29. The molecule has 35 heavy (non-hydrogen) atoms. The van der Waals surface area contributed by atoms with Crippen LogP contribution < -0.4 is 24.8 Å². The highest BCUT2D eigenvalue weighted by molar-refractivity contribution is 7.13. The summed E-state index contributed by atoms with van der Waals surface area (Å²) in [6, 6.07) is 7.89. The molecule has 2 aromatic carbocycles. The Kier molecular flexibility index (Phi) is 9.02. The van der Waals surface area contributed by atoms with Crippen LogP contribution in [0.3, 0.4) is 0 Å². The van der Waals surface area contributed by atoms with E-state index < -0.39 is 6.03 Å². The van der Waals surface area contributed by atoms with Gasteiger partial charge in [0.1, 0.15) is 0 Å². The van der Waals surface area contributed by atoms with Crippen LogP contribution in [0.1, 0.15) is 21.6 Å². The number of urea groups is 1. The van der Waals surface area contributed by atoms with Gasteiger partial charge in [-0.3, -0.25) is 10.1 Å². The Hall–Kier alpha value is -3.21. The number of amides is 3. The quantitative estimate of drug-likeness (QED) is 0.394. The molecule has 186 valence electrons. The molecule has 0 aliphatic heterocycles. The van der Waals surface area contributed by atoms with Gasteiger partial charge in [-0.05, 0) is 29.8 Å². The smallest absolute Gasteiger partial charge is 0.321 e. The van der Waals surface area contributed by atoms with E-state index in [1.165, 1.54) is 37.6 Å². The van der Waals surface area contributed by atoms with Crippen LogP contribution in [0.5, 0.6) is 17.2 Å². The first-order chi connectivity index (χ1) is 16.7. The van der Waals surface area contributed by atoms with Gasteiger partial charge in [0.15, 0.2) is 16.6 Å². The van der Waals surface area contributed by atoms with Crippen LogP contribution in [0.15, 0.2) is 35.7 Å². The number of aromatic nitrogens is 1. The van der Waals surface area contributed by atoms with E-state index in [1.54, 1.807) is 42.8 Å². The third-order valence-electron chi connectivity index (χ3n) is 4.87. The zero-order valence-electron chi connectivity index (χ0n) is 19.5. The Morgan fingerprint density at radius 3 is 2.31 bits per heavy atom. The van der Waals surface area contributed by atoms with E-state index >= 15 is 0 Å². The molecule has 1 aromatic heterocycles. The molecule has 3 amide bonds. The van der Waals surface area contributed by atoms with Crippen molar-refractivity contribution < 1.29 is 23.8 Å². The second-order valence-electron chi connectivity index (χ2n) is 7.28. The van der Waals surface area contributed by atoms with Crippen LogP contribution >= 0.6 is 34.5 Å². The Morgan fingerprint density at radius 1 is 1.03 bits per heavy atom. The largest absolute Gasteiger partial charge is 0.493 e. The topological polar surface area (TPSA) is 102 Å². The van der Waals surface area contributed by atoms with Gasteiger partial charge in [0, 0.05) is 24.5 Å². The lowest BCUT2D eigenvalue weighted by Crippen LogP contribution is -2.28. The van der Waals surface area contributed by atoms with Crippen molar-refractivity contribution in [2.45, 2.75) is 13.1 Å². The van der Waals surface area contributed by atoms with Gasteiger partial charge < -0.3 is 24.4 Å². The standard InChI is InChI=1S/C23H24Cl2N4O5S/c1-29(21(30)14-8-18(32-2)20(34-4)19(9-14)33-3)11-15-12-35-23(27-15)28-22(31)26-10-13-5-6-16(24)17(25)7-13/h5-9,12H,10-11H2,1-4H3,(H2,26,27,28,31). The van der Waals surface area contributed by atoms with Crippen molar-refractivity contribution in [1.82, 2.24) is 15.2 Å². The molecule has 9 nitrogen and oxygen atoms in total. The molecule has 0 aliphatic rings. The molecular formula is C23H24Cl2N4O5S. The second kappa shape index (κ2) is 12.0. The van der Waals surface area contributed by atoms with Crippen molar-refractivity contribution in [1.29, 1.82) is 0 Å². The molecule has 0 spiro atoms. The summed E-state index contributed by atoms with van der Waals surface area (Å²) in [7, 11) is 6.12. The number of methoxy groups -OCH3 is 3. The summed E-state index contributed by atoms with van der Waals surface area (Å²) in [5.41, 5.74) is 1.80. The number of benzene rings is 2. The molecule has 0 radical (unpaired) electrons. The molecule has 0 unspecified atom stereocenters. The molecule has 2 N–H and O–H groups in total. The normalized spacial score (nSPS) is 10.5. The minimum Gasteiger partial charge on any atom is -0.493 e. The number of carbonyl (C=O) groups is 2. The number of rotatable bonds is 9. The van der Waals surface area contributed by atoms with E-state index in [0.29, 0.717) is 43.7 Å². The fraction of sp³-hybridized carbons (Fsp3) is 0.261. The zero-order chi connectivity index (χ0) is 25.5. The van der Waals surface area contributed by atoms with Gasteiger partial charge in [0.2, 0.25) is 5.75 Å². The molecule has 0 bridgehead atoms. The highest BCUT2D eigenvalue weighted by Gasteiger charge is 2.20. The lowest BCUT2D eigenvalue weighted by atomic mass is 10.1. The van der Waals surface area contributed by atoms with Crippen LogP contribution in [0.25, 0.3) is 0 Å². The first kappa shape index (κ1) is 26.4. The lowest BCUT2D eigenvalue weighted by Gasteiger charge is -2.18. The summed E-state index contributed by atoms with van der Waals surface area (Å²) in [6.45, 7) is 0.506. The van der Waals surface area contributed by atoms with Crippen LogP contribution in [0.4, 0.5) is 9.93 Å². The summed E-state index contributed by atoms with van der Waals surface area (Å²) >= 11 is 13.2. The van der Waals surface area contributed by atoms with Gasteiger partial charge in [-0.1, -0.05) is 29.3 Å². The van der Waals surface area contributed by atoms with Crippen molar-refractivity contribution in [3.63, 3.8) is 0 Å². The number of nitrogens with one attached hydrogen (secondary N) is 2. The van der Waals surface area contributed by atoms with Gasteiger partial charge >= 0.3 is 6.03 Å². The summed E-state index contributed by atoms with van der Waals surface area (Å²) in [5.74, 6) is 0.916. The number of ether oxygens (including phenoxy) is 3. The van der Waals surface area contributed by atoms with Crippen molar-refractivity contribution in [3.8, 4) is 17.2 Å². The van der Waals surface area contributed by atoms with Crippen LogP contribution in [-0.2, 0) is 13.1 Å². The summed E-state index contributed by atoms with van der Waals surface area (Å²) in [6.07, 6.45) is 0. The second-order valence-corrected chi connectivity index (χ2v) is 8.95. The molecule has 0 aliphatic carbocycles. The van der Waals surface area contributed by atoms with Gasteiger partial charge in [-0.2, -0.15) is 0 Å². The van der Waals surface area contributed by atoms with Crippen molar-refractivity contribution in [2.24, 2.45) is 0 Å². The Labute approximate surface area is 216 Å². The fourth-order valence-corrected chi connectivity index (χ4v) is 4.17. The third kappa shape index (κ3) is 6.68. The van der Waals surface area contributed by atoms with E-state index in [4.69, 9.17) is 37.4 Å². The molecule has 3 aromatic rings. The number of anilines is 1. The molecule has 0 fully saturated rings. The van der Waals surface area contributed by atoms with E-state index in [1.807, 2.05) is 0 Å². The van der Waals surface area contributed by atoms with E-state index in [-0.39, 0.29) is 19.0 Å². The van der Waals surface area contributed by atoms with Crippen LogP contribution in [-0.4, -0.2) is 50.2 Å². The predicted molar refractivity (Wildman–Crippen MR) is 136 cm³/mol. The van der Waals surface area contributed by atoms with Gasteiger partial charge in [-0.25, -0.2) is 9.78 Å². The van der Waals surface area contributed by atoms with Crippen molar-refractivity contribution in [2.75, 3.05) is 33.7 Å². The first-order valence-corrected chi connectivity index (χ1v) is 11.9. The monoisotopic (exact) mass is 538 g/mol. The number of nitrogens with zero attached hydrogens (tertiary/aromatic N) is 2. The lowest BCUT2D eigenvalue weighted by molar-refractivity contribution is 0.0782. The first-order valence-electron chi connectivity index (χ1n) is 10.2. The number of thiazole rings is 1. The average molecular weight is 539 g/mol. The maximum absolute atomic E-state index is 13.0. The number of hydrogen-bond donors (Lipinski definition) is 2. The van der Waals surface area contributed by atoms with E-state index in [2.05, 4.69) is 15.6 Å². The van der Waals surface area contributed by atoms with E-state index in [0.717, 1.165) is 5.56 Å². The van der Waals surface area contributed by atoms with Gasteiger partial charge in [-0.15, -0.1) is 11.3 Å². The van der Waals surface area contributed by atoms with Crippen LogP contribution in [0.2, 0.25) is 10.0 Å². The Bertz CT molecular complexity index is 1200. The Morgan fingerprint density at radius 2 is 1.71 bits per heavy atom. The van der Waals surface area contributed by atoms with Gasteiger partial charge in [0.05, 0.1) is 43.6 Å². The number of halogens is 2. The number of hydrogen-bond acceptors (Lipinski definition) is 7. The summed E-state index contributed by atoms with van der Waals surface area (Å²) in [4.78, 5) is 31.1. The number of carbonyl (C=O) groups excluding carboxylic acids is 2. The molecule has 0 atom stereocenters. The molecule has 12 heteroatoms. The predicted octanol–water partition coefficient (Wildman–Crippen LogP) is 5.07. The maximum Gasteiger partial charge on any atom is 0.321 e. The van der Waals surface area contributed by atoms with E-state index in [9.17, 15) is 9.59 Å². The molecule has 3 rings (SSSR count). The van der Waals surface area contributed by atoms with Crippen LogP contribution in [0, 0.1) is 0 Å². The summed E-state index contributed by atoms with van der Waals surface area (Å²) < 4.78 is 15.9. The van der Waals surface area contributed by atoms with Gasteiger partial charge in [0.25, 0.3) is 5.91 Å². The van der Waals surface area contributed by atoms with Crippen molar-refractivity contribution >= 4 is 51.6 Å². The van der Waals surface area contributed by atoms with Crippen molar-refractivity contribution in [3.05, 3.63) is 62.6 Å². The minimum absolute atomic E-state index is 0.235. The summed E-state index contributed by atoms with van der Waals surface area (Å²) in [5, 5.41) is 8.45. The molecular weight excluding hydrogens is 515 g/mol. The SMILES string of the molecule is COc1cc(C(=O)N(C)Cc2csc(NC(=O)NCc3ccc(Cl)c(Cl)c3)n2)cc(OC)c1OC. The fourth-order valence-electron chi connectivity index (χ4n) is 3.15. The molecule has 0 saturated heterocycles. The molecule has 0 saturated carbocycles. The minimum atomic E-state index is -0.418. The maximum atomic E-state index is 13.0. The molecule has 1 heterocycles. The highest BCUT2D eigenvalue weighted by atomic mass is 35.5. The Balaban J connectivity index is 1.59.